The molecule has 4 nitrogen and oxygen atoms in total. The van der Waals surface area contributed by atoms with Gasteiger partial charge in [-0.2, -0.15) is 0 Å². The van der Waals surface area contributed by atoms with Crippen LogP contribution in [0.1, 0.15) is 33.1 Å². The Morgan fingerprint density at radius 1 is 1.08 bits per heavy atom. The third-order valence-corrected chi connectivity index (χ3v) is 3.38. The molecule has 1 aliphatic carbocycles. The molecule has 1 saturated carbocycles. The Morgan fingerprint density at radius 3 is 1.46 bits per heavy atom. The van der Waals surface area contributed by atoms with Crippen LogP contribution in [0.3, 0.4) is 0 Å². The van der Waals surface area contributed by atoms with Crippen molar-refractivity contribution in [3.05, 3.63) is 0 Å². The van der Waals surface area contributed by atoms with Gasteiger partial charge in [0.2, 0.25) is 0 Å². The molecule has 2 unspecified atom stereocenters. The highest BCUT2D eigenvalue weighted by molar-refractivity contribution is 5.91. The fraction of sp³-hybridized carbons (Fsp3) is 0.778. The SMILES string of the molecule is CCC1(C(=O)[O-])CC1(CC)C(=O)[O-]. The summed E-state index contributed by atoms with van der Waals surface area (Å²) < 4.78 is 0. The summed E-state index contributed by atoms with van der Waals surface area (Å²) in [6, 6.07) is 0. The van der Waals surface area contributed by atoms with E-state index < -0.39 is 22.8 Å². The van der Waals surface area contributed by atoms with Crippen molar-refractivity contribution in [2.24, 2.45) is 10.8 Å². The van der Waals surface area contributed by atoms with E-state index in [-0.39, 0.29) is 19.3 Å². The van der Waals surface area contributed by atoms with Gasteiger partial charge in [0.1, 0.15) is 0 Å². The Morgan fingerprint density at radius 2 is 1.38 bits per heavy atom. The summed E-state index contributed by atoms with van der Waals surface area (Å²) in [6.07, 6.45) is 0.728. The maximum Gasteiger partial charge on any atom is 0.0485 e. The van der Waals surface area contributed by atoms with Crippen molar-refractivity contribution in [1.29, 1.82) is 0 Å². The Kier molecular flexibility index (Phi) is 2.10. The van der Waals surface area contributed by atoms with Crippen LogP contribution >= 0.6 is 0 Å². The lowest BCUT2D eigenvalue weighted by Gasteiger charge is -2.25. The third-order valence-electron chi connectivity index (χ3n) is 3.38. The van der Waals surface area contributed by atoms with Crippen LogP contribution in [0.25, 0.3) is 0 Å². The largest absolute Gasteiger partial charge is 0.550 e. The standard InChI is InChI=1S/C9H14O4/c1-3-8(6(10)11)5-9(8,4-2)7(12)13/h3-5H2,1-2H3,(H,10,11)(H,12,13)/p-2. The molecule has 0 heterocycles. The summed E-state index contributed by atoms with van der Waals surface area (Å²) in [5.74, 6) is -2.53. The van der Waals surface area contributed by atoms with Gasteiger partial charge in [-0.05, 0) is 19.3 Å². The maximum atomic E-state index is 10.8. The second-order valence-corrected chi connectivity index (χ2v) is 3.62. The molecule has 74 valence electrons. The second-order valence-electron chi connectivity index (χ2n) is 3.62. The molecule has 0 saturated heterocycles. The first-order valence-corrected chi connectivity index (χ1v) is 4.39. The van der Waals surface area contributed by atoms with Crippen molar-refractivity contribution in [2.45, 2.75) is 33.1 Å². The van der Waals surface area contributed by atoms with Gasteiger partial charge in [0.15, 0.2) is 0 Å². The lowest BCUT2D eigenvalue weighted by molar-refractivity contribution is -0.327. The number of carbonyl (C=O) groups excluding carboxylic acids is 2. The molecule has 0 aliphatic heterocycles. The monoisotopic (exact) mass is 184 g/mol. The highest BCUT2D eigenvalue weighted by Crippen LogP contribution is 2.67. The van der Waals surface area contributed by atoms with E-state index in [1.165, 1.54) is 0 Å². The van der Waals surface area contributed by atoms with Crippen molar-refractivity contribution >= 4 is 11.9 Å². The Balaban J connectivity index is 2.99. The lowest BCUT2D eigenvalue weighted by atomic mass is 9.88. The van der Waals surface area contributed by atoms with Crippen LogP contribution in [0, 0.1) is 10.8 Å². The number of hydrogen-bond acceptors (Lipinski definition) is 4. The molecule has 1 rings (SSSR count). The molecule has 0 aromatic heterocycles. The van der Waals surface area contributed by atoms with Crippen molar-refractivity contribution in [2.75, 3.05) is 0 Å². The van der Waals surface area contributed by atoms with Gasteiger partial charge in [-0.3, -0.25) is 0 Å². The van der Waals surface area contributed by atoms with Gasteiger partial charge in [0, 0.05) is 22.8 Å². The molecule has 0 amide bonds. The molecule has 0 aromatic carbocycles. The predicted octanol–water partition coefficient (Wildman–Crippen LogP) is -1.32. The molecular weight excluding hydrogens is 172 g/mol. The van der Waals surface area contributed by atoms with E-state index in [1.807, 2.05) is 0 Å². The maximum absolute atomic E-state index is 10.8. The van der Waals surface area contributed by atoms with Crippen LogP contribution in [0.5, 0.6) is 0 Å². The minimum atomic E-state index is -1.26. The summed E-state index contributed by atoms with van der Waals surface area (Å²) >= 11 is 0. The third kappa shape index (κ3) is 0.975. The van der Waals surface area contributed by atoms with E-state index in [0.29, 0.717) is 0 Å². The zero-order chi connectivity index (χ0) is 10.3. The fourth-order valence-electron chi connectivity index (χ4n) is 2.22. The van der Waals surface area contributed by atoms with Gasteiger partial charge < -0.3 is 19.8 Å². The number of hydrogen-bond donors (Lipinski definition) is 0. The Bertz CT molecular complexity index is 234. The normalized spacial score (nSPS) is 37.1. The van der Waals surface area contributed by atoms with Crippen LogP contribution in [0.15, 0.2) is 0 Å². The van der Waals surface area contributed by atoms with Gasteiger partial charge in [-0.25, -0.2) is 0 Å². The molecule has 0 bridgehead atoms. The van der Waals surface area contributed by atoms with Gasteiger partial charge in [0.25, 0.3) is 0 Å². The smallest absolute Gasteiger partial charge is 0.0485 e. The molecule has 1 aliphatic rings. The van der Waals surface area contributed by atoms with E-state index in [9.17, 15) is 19.8 Å². The van der Waals surface area contributed by atoms with E-state index >= 15 is 0 Å². The summed E-state index contributed by atoms with van der Waals surface area (Å²) in [6.45, 7) is 3.33. The van der Waals surface area contributed by atoms with Crippen molar-refractivity contribution in [3.63, 3.8) is 0 Å². The average Bonchev–Trinajstić information content (AvgIpc) is 2.75. The van der Waals surface area contributed by atoms with E-state index in [2.05, 4.69) is 0 Å². The molecule has 0 radical (unpaired) electrons. The zero-order valence-corrected chi connectivity index (χ0v) is 7.75. The molecule has 0 N–H and O–H groups in total. The summed E-state index contributed by atoms with van der Waals surface area (Å²) in [5.41, 5.74) is -2.36. The average molecular weight is 184 g/mol. The number of carboxylic acid groups (broad SMARTS) is 2. The summed E-state index contributed by atoms with van der Waals surface area (Å²) in [4.78, 5) is 21.6. The second kappa shape index (κ2) is 2.72. The topological polar surface area (TPSA) is 80.3 Å². The predicted molar refractivity (Wildman–Crippen MR) is 40.1 cm³/mol. The lowest BCUT2D eigenvalue weighted by Crippen LogP contribution is -2.43. The van der Waals surface area contributed by atoms with Crippen LogP contribution in [0.4, 0.5) is 0 Å². The first-order valence-electron chi connectivity index (χ1n) is 4.39. The molecule has 0 aromatic rings. The van der Waals surface area contributed by atoms with Crippen molar-refractivity contribution in [1.82, 2.24) is 0 Å². The van der Waals surface area contributed by atoms with Crippen molar-refractivity contribution < 1.29 is 19.8 Å². The molecule has 0 spiro atoms. The van der Waals surface area contributed by atoms with Gasteiger partial charge in [-0.1, -0.05) is 13.8 Å². The first-order chi connectivity index (χ1) is 5.97. The zero-order valence-electron chi connectivity index (χ0n) is 7.75. The van der Waals surface area contributed by atoms with Crippen LogP contribution in [0.2, 0.25) is 0 Å². The Labute approximate surface area is 76.6 Å². The van der Waals surface area contributed by atoms with Gasteiger partial charge in [-0.15, -0.1) is 0 Å². The fourth-order valence-corrected chi connectivity index (χ4v) is 2.22. The minimum Gasteiger partial charge on any atom is -0.550 e. The first kappa shape index (κ1) is 10.0. The van der Waals surface area contributed by atoms with E-state index in [0.717, 1.165) is 0 Å². The van der Waals surface area contributed by atoms with Crippen molar-refractivity contribution in [3.8, 4) is 0 Å². The molecule has 4 heteroatoms. The van der Waals surface area contributed by atoms with Gasteiger partial charge >= 0.3 is 0 Å². The molecule has 2 atom stereocenters. The summed E-state index contributed by atoms with van der Waals surface area (Å²) in [5, 5.41) is 21.6. The van der Waals surface area contributed by atoms with E-state index in [1.54, 1.807) is 13.8 Å². The molecule has 13 heavy (non-hydrogen) atoms. The highest BCUT2D eigenvalue weighted by atomic mass is 16.4. The minimum absolute atomic E-state index is 0.150. The molecule has 1 fully saturated rings. The highest BCUT2D eigenvalue weighted by Gasteiger charge is 2.66. The Hall–Kier alpha value is -1.06. The number of carboxylic acids is 2. The number of carbonyl (C=O) groups is 2. The molecular formula is C9H12O4-2. The quantitative estimate of drug-likeness (QED) is 0.543. The van der Waals surface area contributed by atoms with Crippen LogP contribution in [-0.4, -0.2) is 11.9 Å². The van der Waals surface area contributed by atoms with Gasteiger partial charge in [0.05, 0.1) is 0 Å². The van der Waals surface area contributed by atoms with Crippen LogP contribution < -0.4 is 10.2 Å². The van der Waals surface area contributed by atoms with Crippen LogP contribution in [-0.2, 0) is 9.59 Å². The number of aliphatic carboxylic acids is 2. The number of rotatable bonds is 4. The van der Waals surface area contributed by atoms with E-state index in [4.69, 9.17) is 0 Å². The summed E-state index contributed by atoms with van der Waals surface area (Å²) in [7, 11) is 0.